The predicted octanol–water partition coefficient (Wildman–Crippen LogP) is 3.84. The van der Waals surface area contributed by atoms with E-state index in [0.717, 1.165) is 55.4 Å². The minimum atomic E-state index is -0.510. The number of hydrogen-bond donors (Lipinski definition) is 3. The molecular formula is C23H26ClN5O2. The third-order valence-corrected chi connectivity index (χ3v) is 6.61. The molecule has 1 saturated carbocycles. The van der Waals surface area contributed by atoms with Crippen molar-refractivity contribution in [1.82, 2.24) is 20.1 Å². The topological polar surface area (TPSA) is 94.4 Å². The van der Waals surface area contributed by atoms with Gasteiger partial charge in [-0.1, -0.05) is 35.9 Å². The van der Waals surface area contributed by atoms with Crippen LogP contribution in [0.2, 0.25) is 5.02 Å². The molecule has 162 valence electrons. The van der Waals surface area contributed by atoms with Gasteiger partial charge >= 0.3 is 0 Å². The molecule has 1 unspecified atom stereocenters. The molecular weight excluding hydrogens is 414 g/mol. The number of fused-ring (bicyclic) bond motifs is 1. The molecule has 0 bridgehead atoms. The maximum absolute atomic E-state index is 10.3. The van der Waals surface area contributed by atoms with Crippen LogP contribution in [0.5, 0.6) is 5.75 Å². The van der Waals surface area contributed by atoms with E-state index in [0.29, 0.717) is 22.5 Å². The highest BCUT2D eigenvalue weighted by molar-refractivity contribution is 6.30. The number of pyridine rings is 1. The zero-order valence-corrected chi connectivity index (χ0v) is 18.2. The highest BCUT2D eigenvalue weighted by Gasteiger charge is 2.42. The molecule has 1 aliphatic heterocycles. The molecule has 5 rings (SSSR count). The smallest absolute Gasteiger partial charge is 0.156 e. The Morgan fingerprint density at radius 3 is 2.68 bits per heavy atom. The summed E-state index contributed by atoms with van der Waals surface area (Å²) in [4.78, 5) is 6.75. The lowest BCUT2D eigenvalue weighted by atomic mass is 9.76. The number of hydrogen-bond acceptors (Lipinski definition) is 7. The van der Waals surface area contributed by atoms with Crippen molar-refractivity contribution in [3.05, 3.63) is 41.6 Å². The normalized spacial score (nSPS) is 26.5. The monoisotopic (exact) mass is 439 g/mol. The Hall–Kier alpha value is -2.48. The number of aromatic hydroxyl groups is 1. The fourth-order valence-electron chi connectivity index (χ4n) is 4.86. The number of piperidine rings is 1. The Morgan fingerprint density at radius 2 is 1.94 bits per heavy atom. The largest absolute Gasteiger partial charge is 0.506 e. The molecule has 8 heteroatoms. The second kappa shape index (κ2) is 7.89. The van der Waals surface area contributed by atoms with Gasteiger partial charge in [-0.3, -0.25) is 4.90 Å². The fraction of sp³-hybridized carbons (Fsp3) is 0.435. The highest BCUT2D eigenvalue weighted by Crippen LogP contribution is 2.37. The van der Waals surface area contributed by atoms with Crippen molar-refractivity contribution in [3.63, 3.8) is 0 Å². The van der Waals surface area contributed by atoms with Gasteiger partial charge in [0.15, 0.2) is 5.82 Å². The van der Waals surface area contributed by atoms with Gasteiger partial charge in [-0.05, 0) is 39.2 Å². The number of anilines is 1. The summed E-state index contributed by atoms with van der Waals surface area (Å²) in [5.41, 5.74) is 0.377. The molecule has 2 aromatic heterocycles. The van der Waals surface area contributed by atoms with Gasteiger partial charge in [0.1, 0.15) is 17.1 Å². The van der Waals surface area contributed by atoms with Crippen molar-refractivity contribution in [2.75, 3.05) is 18.4 Å². The van der Waals surface area contributed by atoms with Crippen LogP contribution in [0.25, 0.3) is 22.2 Å². The molecule has 2 fully saturated rings. The number of likely N-dealkylation sites (tertiary alicyclic amines) is 1. The van der Waals surface area contributed by atoms with E-state index < -0.39 is 5.60 Å². The van der Waals surface area contributed by atoms with Crippen LogP contribution in [0.15, 0.2) is 36.5 Å². The van der Waals surface area contributed by atoms with E-state index in [2.05, 4.69) is 25.4 Å². The lowest BCUT2D eigenvalue weighted by Crippen LogP contribution is -2.57. The number of halogens is 1. The fourth-order valence-corrected chi connectivity index (χ4v) is 5.01. The van der Waals surface area contributed by atoms with Gasteiger partial charge in [-0.15, -0.1) is 10.2 Å². The van der Waals surface area contributed by atoms with E-state index in [-0.39, 0.29) is 11.8 Å². The lowest BCUT2D eigenvalue weighted by molar-refractivity contribution is -0.0823. The second-order valence-corrected chi connectivity index (χ2v) is 9.44. The summed E-state index contributed by atoms with van der Waals surface area (Å²) in [6.07, 6.45) is 5.36. The van der Waals surface area contributed by atoms with Crippen molar-refractivity contribution in [3.8, 4) is 17.1 Å². The molecule has 2 aliphatic rings. The minimum absolute atomic E-state index is 0.0213. The molecule has 1 aromatic carbocycles. The molecule has 1 atom stereocenters. The second-order valence-electron chi connectivity index (χ2n) is 9.00. The average molecular weight is 440 g/mol. The first-order valence-corrected chi connectivity index (χ1v) is 11.1. The quantitative estimate of drug-likeness (QED) is 0.568. The summed E-state index contributed by atoms with van der Waals surface area (Å²) in [7, 11) is 0. The highest BCUT2D eigenvalue weighted by atomic mass is 35.5. The van der Waals surface area contributed by atoms with Gasteiger partial charge in [-0.2, -0.15) is 0 Å². The molecule has 0 radical (unpaired) electrons. The van der Waals surface area contributed by atoms with E-state index in [9.17, 15) is 10.2 Å². The minimum Gasteiger partial charge on any atom is -0.506 e. The van der Waals surface area contributed by atoms with Crippen molar-refractivity contribution in [2.45, 2.75) is 50.3 Å². The van der Waals surface area contributed by atoms with E-state index in [1.807, 2.05) is 31.2 Å². The van der Waals surface area contributed by atoms with Crippen molar-refractivity contribution in [1.29, 1.82) is 0 Å². The van der Waals surface area contributed by atoms with Gasteiger partial charge in [0.05, 0.1) is 10.6 Å². The Bertz CT molecular complexity index is 1110. The molecule has 1 saturated heterocycles. The Balaban J connectivity index is 1.41. The number of rotatable bonds is 4. The Morgan fingerprint density at radius 1 is 1.16 bits per heavy atom. The summed E-state index contributed by atoms with van der Waals surface area (Å²) in [6, 6.07) is 10.1. The number of benzene rings is 1. The van der Waals surface area contributed by atoms with Gasteiger partial charge < -0.3 is 15.5 Å². The summed E-state index contributed by atoms with van der Waals surface area (Å²) in [6.45, 7) is 3.92. The Kier molecular flexibility index (Phi) is 5.20. The number of aliphatic hydroxyl groups is 1. The summed E-state index contributed by atoms with van der Waals surface area (Å²) in [5, 5.41) is 35.1. The standard InChI is InChI=1S/C23H26ClN5O2/c1-23(31)10-16(11-23)29-8-4-5-15(13-29)26-22-18-7-3-2-6-17(18)20(27-28-22)21-19(30)9-14(24)12-25-21/h2-3,6-7,9,12,15-16,30-31H,4-5,8,10-11,13H2,1H3,(H,26,28). The van der Waals surface area contributed by atoms with Gasteiger partial charge in [0.25, 0.3) is 0 Å². The molecule has 31 heavy (non-hydrogen) atoms. The van der Waals surface area contributed by atoms with Crippen LogP contribution in [0.4, 0.5) is 5.82 Å². The third kappa shape index (κ3) is 4.05. The van der Waals surface area contributed by atoms with Crippen LogP contribution in [-0.4, -0.2) is 61.1 Å². The third-order valence-electron chi connectivity index (χ3n) is 6.41. The lowest BCUT2D eigenvalue weighted by Gasteiger charge is -2.49. The van der Waals surface area contributed by atoms with Crippen LogP contribution in [0.1, 0.15) is 32.6 Å². The number of aromatic nitrogens is 3. The molecule has 3 N–H and O–H groups in total. The summed E-state index contributed by atoms with van der Waals surface area (Å²) >= 11 is 5.93. The molecule has 0 amide bonds. The summed E-state index contributed by atoms with van der Waals surface area (Å²) < 4.78 is 0. The first-order valence-electron chi connectivity index (χ1n) is 10.7. The molecule has 7 nitrogen and oxygen atoms in total. The maximum atomic E-state index is 10.3. The van der Waals surface area contributed by atoms with Gasteiger partial charge in [-0.25, -0.2) is 4.98 Å². The molecule has 3 aromatic rings. The van der Waals surface area contributed by atoms with Crippen molar-refractivity contribution >= 4 is 28.2 Å². The van der Waals surface area contributed by atoms with Crippen LogP contribution in [-0.2, 0) is 0 Å². The number of nitrogens with zero attached hydrogens (tertiary/aromatic N) is 4. The molecule has 1 aliphatic carbocycles. The SMILES string of the molecule is CC1(O)CC(N2CCCC(Nc3nnc(-c4ncc(Cl)cc4O)c4ccccc34)C2)C1. The van der Waals surface area contributed by atoms with E-state index in [4.69, 9.17) is 11.6 Å². The van der Waals surface area contributed by atoms with Gasteiger partial charge in [0.2, 0.25) is 0 Å². The van der Waals surface area contributed by atoms with Crippen LogP contribution in [0.3, 0.4) is 0 Å². The number of nitrogens with one attached hydrogen (secondary N) is 1. The van der Waals surface area contributed by atoms with E-state index in [1.165, 1.54) is 12.3 Å². The summed E-state index contributed by atoms with van der Waals surface area (Å²) in [5.74, 6) is 0.715. The van der Waals surface area contributed by atoms with Crippen molar-refractivity contribution < 1.29 is 10.2 Å². The van der Waals surface area contributed by atoms with Gasteiger partial charge in [0, 0.05) is 41.7 Å². The first kappa shape index (κ1) is 20.4. The molecule has 3 heterocycles. The zero-order valence-electron chi connectivity index (χ0n) is 17.4. The Labute approximate surface area is 186 Å². The van der Waals surface area contributed by atoms with E-state index in [1.54, 1.807) is 0 Å². The average Bonchev–Trinajstić information content (AvgIpc) is 2.73. The maximum Gasteiger partial charge on any atom is 0.156 e. The van der Waals surface area contributed by atoms with E-state index >= 15 is 0 Å². The predicted molar refractivity (Wildman–Crippen MR) is 121 cm³/mol. The van der Waals surface area contributed by atoms with Crippen LogP contribution < -0.4 is 5.32 Å². The van der Waals surface area contributed by atoms with Crippen LogP contribution >= 0.6 is 11.6 Å². The van der Waals surface area contributed by atoms with Crippen molar-refractivity contribution in [2.24, 2.45) is 0 Å². The van der Waals surface area contributed by atoms with Crippen LogP contribution in [0, 0.1) is 0 Å². The molecule has 0 spiro atoms. The zero-order chi connectivity index (χ0) is 21.6. The first-order chi connectivity index (χ1) is 14.9.